The molecule has 1 aliphatic rings. The van der Waals surface area contributed by atoms with Crippen LogP contribution in [-0.4, -0.2) is 6.04 Å². The normalized spacial score (nSPS) is 26.8. The highest BCUT2D eigenvalue weighted by molar-refractivity contribution is 7.10. The minimum Gasteiger partial charge on any atom is -0.305 e. The maximum Gasteiger partial charge on any atom is 0.0390 e. The third-order valence-electron chi connectivity index (χ3n) is 2.52. The summed E-state index contributed by atoms with van der Waals surface area (Å²) in [6.45, 7) is 6.77. The summed E-state index contributed by atoms with van der Waals surface area (Å²) in [4.78, 5) is 1.56. The van der Waals surface area contributed by atoms with Gasteiger partial charge in [0.1, 0.15) is 0 Å². The van der Waals surface area contributed by atoms with Gasteiger partial charge in [-0.2, -0.15) is 0 Å². The molecule has 2 heteroatoms. The summed E-state index contributed by atoms with van der Waals surface area (Å²) in [5.41, 5.74) is 1.66. The predicted molar refractivity (Wildman–Crippen MR) is 53.6 cm³/mol. The van der Waals surface area contributed by atoms with Gasteiger partial charge in [0.2, 0.25) is 0 Å². The number of hydrogen-bond donors (Lipinski definition) is 1. The average Bonchev–Trinajstić information content (AvgIpc) is 2.32. The van der Waals surface area contributed by atoms with Gasteiger partial charge in [0.05, 0.1) is 0 Å². The lowest BCUT2D eigenvalue weighted by molar-refractivity contribution is 0.329. The first kappa shape index (κ1) is 8.27. The standard InChI is InChI=1S/C10H15NS/c1-7-6-9-8(4-5-12-9)10(2,3)11-7/h4-5,7,11H,6H2,1-3H3. The summed E-state index contributed by atoms with van der Waals surface area (Å²) in [6.07, 6.45) is 1.19. The summed E-state index contributed by atoms with van der Waals surface area (Å²) in [7, 11) is 0. The van der Waals surface area contributed by atoms with Crippen LogP contribution in [0.3, 0.4) is 0 Å². The minimum absolute atomic E-state index is 0.174. The summed E-state index contributed by atoms with van der Waals surface area (Å²) >= 11 is 1.89. The summed E-state index contributed by atoms with van der Waals surface area (Å²) in [5.74, 6) is 0. The van der Waals surface area contributed by atoms with E-state index in [4.69, 9.17) is 0 Å². The van der Waals surface area contributed by atoms with Crippen molar-refractivity contribution in [2.75, 3.05) is 0 Å². The number of fused-ring (bicyclic) bond motifs is 1. The van der Waals surface area contributed by atoms with E-state index in [1.807, 2.05) is 11.3 Å². The SMILES string of the molecule is CC1Cc2sccc2C(C)(C)N1. The van der Waals surface area contributed by atoms with E-state index in [9.17, 15) is 0 Å². The zero-order valence-electron chi connectivity index (χ0n) is 7.85. The van der Waals surface area contributed by atoms with Gasteiger partial charge in [-0.25, -0.2) is 0 Å². The lowest BCUT2D eigenvalue weighted by Gasteiger charge is -2.35. The van der Waals surface area contributed by atoms with Crippen molar-refractivity contribution in [2.45, 2.75) is 38.8 Å². The molecule has 1 atom stereocenters. The summed E-state index contributed by atoms with van der Waals surface area (Å²) in [5, 5.41) is 5.81. The van der Waals surface area contributed by atoms with Gasteiger partial charge < -0.3 is 5.32 Å². The Morgan fingerprint density at radius 3 is 3.08 bits per heavy atom. The second-order valence-corrected chi connectivity index (χ2v) is 5.13. The largest absolute Gasteiger partial charge is 0.305 e. The third kappa shape index (κ3) is 1.19. The van der Waals surface area contributed by atoms with Crippen molar-refractivity contribution in [3.8, 4) is 0 Å². The molecule has 0 aliphatic carbocycles. The predicted octanol–water partition coefficient (Wildman–Crippen LogP) is 2.52. The number of nitrogens with one attached hydrogen (secondary N) is 1. The van der Waals surface area contributed by atoms with Crippen molar-refractivity contribution in [3.05, 3.63) is 21.9 Å². The van der Waals surface area contributed by atoms with Crippen molar-refractivity contribution in [1.29, 1.82) is 0 Å². The molecule has 2 heterocycles. The fraction of sp³-hybridized carbons (Fsp3) is 0.600. The van der Waals surface area contributed by atoms with E-state index in [0.29, 0.717) is 6.04 Å². The van der Waals surface area contributed by atoms with Crippen molar-refractivity contribution in [2.24, 2.45) is 0 Å². The Bertz CT molecular complexity index is 288. The van der Waals surface area contributed by atoms with Gasteiger partial charge in [0, 0.05) is 16.5 Å². The topological polar surface area (TPSA) is 12.0 Å². The van der Waals surface area contributed by atoms with Crippen molar-refractivity contribution in [3.63, 3.8) is 0 Å². The second-order valence-electron chi connectivity index (χ2n) is 4.13. The van der Waals surface area contributed by atoms with E-state index >= 15 is 0 Å². The number of hydrogen-bond acceptors (Lipinski definition) is 2. The van der Waals surface area contributed by atoms with Crippen molar-refractivity contribution < 1.29 is 0 Å². The smallest absolute Gasteiger partial charge is 0.0390 e. The maximum atomic E-state index is 3.60. The highest BCUT2D eigenvalue weighted by Crippen LogP contribution is 2.33. The quantitative estimate of drug-likeness (QED) is 0.648. The average molecular weight is 181 g/mol. The van der Waals surface area contributed by atoms with E-state index in [-0.39, 0.29) is 5.54 Å². The Hall–Kier alpha value is -0.340. The van der Waals surface area contributed by atoms with Crippen LogP contribution in [0.15, 0.2) is 11.4 Å². The molecule has 0 spiro atoms. The highest BCUT2D eigenvalue weighted by Gasteiger charge is 2.30. The Balaban J connectivity index is 2.45. The third-order valence-corrected chi connectivity index (χ3v) is 3.46. The second kappa shape index (κ2) is 2.57. The molecule has 2 rings (SSSR count). The summed E-state index contributed by atoms with van der Waals surface area (Å²) in [6, 6.07) is 2.87. The fourth-order valence-electron chi connectivity index (χ4n) is 2.08. The van der Waals surface area contributed by atoms with E-state index in [1.165, 1.54) is 12.0 Å². The van der Waals surface area contributed by atoms with Gasteiger partial charge in [0.15, 0.2) is 0 Å². The van der Waals surface area contributed by atoms with Gasteiger partial charge in [-0.1, -0.05) is 0 Å². The minimum atomic E-state index is 0.174. The first-order valence-electron chi connectivity index (χ1n) is 4.44. The highest BCUT2D eigenvalue weighted by atomic mass is 32.1. The number of rotatable bonds is 0. The molecule has 66 valence electrons. The van der Waals surface area contributed by atoms with Gasteiger partial charge >= 0.3 is 0 Å². The van der Waals surface area contributed by atoms with E-state index in [1.54, 1.807) is 4.88 Å². The molecule has 12 heavy (non-hydrogen) atoms. The molecule has 1 unspecified atom stereocenters. The molecule has 1 aliphatic heterocycles. The van der Waals surface area contributed by atoms with Crippen molar-refractivity contribution in [1.82, 2.24) is 5.32 Å². The fourth-order valence-corrected chi connectivity index (χ4v) is 3.24. The molecular formula is C10H15NS. The van der Waals surface area contributed by atoms with Gasteiger partial charge in [-0.3, -0.25) is 0 Å². The van der Waals surface area contributed by atoms with E-state index in [2.05, 4.69) is 37.5 Å². The Kier molecular flexibility index (Phi) is 1.77. The number of thiophene rings is 1. The molecule has 0 saturated heterocycles. The van der Waals surface area contributed by atoms with Crippen molar-refractivity contribution >= 4 is 11.3 Å². The molecule has 0 radical (unpaired) electrons. The molecule has 0 aromatic carbocycles. The van der Waals surface area contributed by atoms with Crippen LogP contribution < -0.4 is 5.32 Å². The van der Waals surface area contributed by atoms with Crippen LogP contribution in [0.4, 0.5) is 0 Å². The van der Waals surface area contributed by atoms with Gasteiger partial charge in [-0.15, -0.1) is 11.3 Å². The van der Waals surface area contributed by atoms with E-state index < -0.39 is 0 Å². The van der Waals surface area contributed by atoms with E-state index in [0.717, 1.165) is 0 Å². The van der Waals surface area contributed by atoms with Crippen LogP contribution in [0, 0.1) is 0 Å². The molecule has 1 N–H and O–H groups in total. The Morgan fingerprint density at radius 2 is 2.33 bits per heavy atom. The Morgan fingerprint density at radius 1 is 1.58 bits per heavy atom. The summed E-state index contributed by atoms with van der Waals surface area (Å²) < 4.78 is 0. The molecule has 0 amide bonds. The van der Waals surface area contributed by atoms with Crippen LogP contribution in [0.1, 0.15) is 31.2 Å². The van der Waals surface area contributed by atoms with Crippen LogP contribution in [0.2, 0.25) is 0 Å². The van der Waals surface area contributed by atoms with Gasteiger partial charge in [-0.05, 0) is 44.2 Å². The van der Waals surface area contributed by atoms with Crippen LogP contribution in [0.5, 0.6) is 0 Å². The lowest BCUT2D eigenvalue weighted by Crippen LogP contribution is -2.47. The monoisotopic (exact) mass is 181 g/mol. The molecule has 0 saturated carbocycles. The zero-order chi connectivity index (χ0) is 8.77. The molecule has 0 fully saturated rings. The van der Waals surface area contributed by atoms with Crippen LogP contribution in [-0.2, 0) is 12.0 Å². The molecular weight excluding hydrogens is 166 g/mol. The molecule has 1 nitrogen and oxygen atoms in total. The first-order chi connectivity index (χ1) is 5.59. The van der Waals surface area contributed by atoms with Gasteiger partial charge in [0.25, 0.3) is 0 Å². The zero-order valence-corrected chi connectivity index (χ0v) is 8.66. The molecule has 1 aromatic rings. The van der Waals surface area contributed by atoms with Crippen LogP contribution >= 0.6 is 11.3 Å². The first-order valence-corrected chi connectivity index (χ1v) is 5.32. The maximum absolute atomic E-state index is 3.60. The van der Waals surface area contributed by atoms with Crippen LogP contribution in [0.25, 0.3) is 0 Å². The molecule has 0 bridgehead atoms. The molecule has 1 aromatic heterocycles. The lowest BCUT2D eigenvalue weighted by atomic mass is 9.88. The Labute approximate surface area is 77.8 Å².